The molecule has 0 bridgehead atoms. The number of hydrogen-bond donors (Lipinski definition) is 2. The van der Waals surface area contributed by atoms with Crippen LogP contribution in [0, 0.1) is 6.92 Å². The molecule has 1 aromatic carbocycles. The highest BCUT2D eigenvalue weighted by Gasteiger charge is 2.31. The number of nitrogens with zero attached hydrogens (tertiary/aromatic N) is 2. The van der Waals surface area contributed by atoms with Gasteiger partial charge < -0.3 is 10.4 Å². The van der Waals surface area contributed by atoms with Crippen molar-refractivity contribution in [1.29, 1.82) is 0 Å². The average molecular weight is 381 g/mol. The van der Waals surface area contributed by atoms with Gasteiger partial charge in [0.2, 0.25) is 10.0 Å². The van der Waals surface area contributed by atoms with Crippen LogP contribution < -0.4 is 5.32 Å². The average Bonchev–Trinajstić information content (AvgIpc) is 2.85. The van der Waals surface area contributed by atoms with Crippen molar-refractivity contribution >= 4 is 27.5 Å². The second kappa shape index (κ2) is 7.98. The third-order valence-corrected chi connectivity index (χ3v) is 6.20. The number of β-amino-alcohol motifs (C(OH)–C–C–N with tert-alkyl or cyclic N) is 1. The first kappa shape index (κ1) is 20.1. The van der Waals surface area contributed by atoms with Gasteiger partial charge in [-0.25, -0.2) is 8.42 Å². The molecule has 0 aromatic heterocycles. The van der Waals surface area contributed by atoms with Crippen molar-refractivity contribution in [3.8, 4) is 0 Å². The van der Waals surface area contributed by atoms with Crippen molar-refractivity contribution < 1.29 is 23.1 Å². The van der Waals surface area contributed by atoms with E-state index < -0.39 is 21.8 Å². The van der Waals surface area contributed by atoms with Gasteiger partial charge in [0.1, 0.15) is 5.70 Å². The normalized spacial score (nSPS) is 15.0. The lowest BCUT2D eigenvalue weighted by atomic mass is 10.2. The summed E-state index contributed by atoms with van der Waals surface area (Å²) >= 11 is 0. The topological polar surface area (TPSA) is 107 Å². The van der Waals surface area contributed by atoms with E-state index in [2.05, 4.69) is 5.32 Å². The minimum atomic E-state index is -3.64. The standard InChI is InChI=1S/C17H23N3O5S/c1-4-19(5-2)26(24,25)13-7-6-12(3)14(10-13)18-15-11-16(22)20(8-9-21)17(15)23/h6-7,10-11,18,21H,4-5,8-9H2,1-3H3. The van der Waals surface area contributed by atoms with E-state index in [1.807, 2.05) is 0 Å². The van der Waals surface area contributed by atoms with Gasteiger partial charge in [0.15, 0.2) is 0 Å². The van der Waals surface area contributed by atoms with Crippen molar-refractivity contribution in [2.45, 2.75) is 25.7 Å². The molecule has 0 saturated heterocycles. The number of amides is 2. The number of imide groups is 1. The fraction of sp³-hybridized carbons (Fsp3) is 0.412. The van der Waals surface area contributed by atoms with Crippen LogP contribution in [-0.2, 0) is 19.6 Å². The van der Waals surface area contributed by atoms with E-state index in [0.717, 1.165) is 16.5 Å². The number of sulfonamides is 1. The van der Waals surface area contributed by atoms with E-state index in [9.17, 15) is 18.0 Å². The Kier molecular flexibility index (Phi) is 6.17. The molecule has 1 aliphatic heterocycles. The zero-order chi connectivity index (χ0) is 19.5. The van der Waals surface area contributed by atoms with E-state index in [-0.39, 0.29) is 23.7 Å². The predicted molar refractivity (Wildman–Crippen MR) is 96.8 cm³/mol. The van der Waals surface area contributed by atoms with Crippen LogP contribution in [0.15, 0.2) is 34.9 Å². The monoisotopic (exact) mass is 381 g/mol. The zero-order valence-electron chi connectivity index (χ0n) is 15.0. The molecule has 2 amide bonds. The molecule has 8 nitrogen and oxygen atoms in total. The molecule has 0 radical (unpaired) electrons. The van der Waals surface area contributed by atoms with Crippen LogP contribution in [0.4, 0.5) is 5.69 Å². The van der Waals surface area contributed by atoms with Crippen molar-refractivity contribution in [3.05, 3.63) is 35.5 Å². The third kappa shape index (κ3) is 3.79. The maximum Gasteiger partial charge on any atom is 0.277 e. The summed E-state index contributed by atoms with van der Waals surface area (Å²) in [6.07, 6.45) is 1.14. The number of hydrogen-bond acceptors (Lipinski definition) is 6. The summed E-state index contributed by atoms with van der Waals surface area (Å²) in [6.45, 7) is 5.58. The fourth-order valence-electron chi connectivity index (χ4n) is 2.66. The van der Waals surface area contributed by atoms with Crippen molar-refractivity contribution in [2.24, 2.45) is 0 Å². The number of aliphatic hydroxyl groups is 1. The Bertz CT molecular complexity index is 844. The Morgan fingerprint density at radius 3 is 2.42 bits per heavy atom. The number of benzene rings is 1. The van der Waals surface area contributed by atoms with E-state index in [0.29, 0.717) is 18.8 Å². The highest BCUT2D eigenvalue weighted by Crippen LogP contribution is 2.25. The van der Waals surface area contributed by atoms with E-state index >= 15 is 0 Å². The highest BCUT2D eigenvalue weighted by atomic mass is 32.2. The SMILES string of the molecule is CCN(CC)S(=O)(=O)c1ccc(C)c(NC2=CC(=O)N(CCO)C2=O)c1. The number of rotatable bonds is 8. The molecule has 2 N–H and O–H groups in total. The fourth-order valence-corrected chi connectivity index (χ4v) is 4.15. The number of anilines is 1. The lowest BCUT2D eigenvalue weighted by Gasteiger charge is -2.20. The van der Waals surface area contributed by atoms with Gasteiger partial charge in [-0.1, -0.05) is 19.9 Å². The van der Waals surface area contributed by atoms with Crippen LogP contribution in [0.5, 0.6) is 0 Å². The van der Waals surface area contributed by atoms with Gasteiger partial charge in [-0.3, -0.25) is 14.5 Å². The summed E-state index contributed by atoms with van der Waals surface area (Å²) in [7, 11) is -3.64. The van der Waals surface area contributed by atoms with Crippen molar-refractivity contribution in [3.63, 3.8) is 0 Å². The first-order chi connectivity index (χ1) is 12.3. The Morgan fingerprint density at radius 2 is 1.85 bits per heavy atom. The molecule has 1 aliphatic rings. The molecule has 142 valence electrons. The molecule has 1 aromatic rings. The lowest BCUT2D eigenvalue weighted by Crippen LogP contribution is -2.34. The Labute approximate surface area is 153 Å². The van der Waals surface area contributed by atoms with Crippen molar-refractivity contribution in [1.82, 2.24) is 9.21 Å². The molecule has 26 heavy (non-hydrogen) atoms. The number of carbonyl (C=O) groups excluding carboxylic acids is 2. The molecule has 2 rings (SSSR count). The van der Waals surface area contributed by atoms with Gasteiger partial charge in [-0.05, 0) is 24.6 Å². The van der Waals surface area contributed by atoms with Gasteiger partial charge in [0.25, 0.3) is 11.8 Å². The number of nitrogens with one attached hydrogen (secondary N) is 1. The zero-order valence-corrected chi connectivity index (χ0v) is 15.8. The van der Waals surface area contributed by atoms with Gasteiger partial charge in [-0.2, -0.15) is 4.31 Å². The van der Waals surface area contributed by atoms with Crippen LogP contribution in [0.2, 0.25) is 0 Å². The largest absolute Gasteiger partial charge is 0.395 e. The highest BCUT2D eigenvalue weighted by molar-refractivity contribution is 7.89. The molecule has 1 heterocycles. The molecule has 0 spiro atoms. The number of carbonyl (C=O) groups is 2. The summed E-state index contributed by atoms with van der Waals surface area (Å²) in [5.74, 6) is -1.07. The van der Waals surface area contributed by atoms with Gasteiger partial charge in [0, 0.05) is 24.9 Å². The molecule has 0 saturated carbocycles. The van der Waals surface area contributed by atoms with Crippen LogP contribution in [0.1, 0.15) is 19.4 Å². The first-order valence-electron chi connectivity index (χ1n) is 8.32. The summed E-state index contributed by atoms with van der Waals surface area (Å²) < 4.78 is 26.7. The number of aliphatic hydroxyl groups excluding tert-OH is 1. The van der Waals surface area contributed by atoms with Gasteiger partial charge >= 0.3 is 0 Å². The quantitative estimate of drug-likeness (QED) is 0.642. The molecule has 0 unspecified atom stereocenters. The molecule has 9 heteroatoms. The Hall–Kier alpha value is -2.23. The minimum absolute atomic E-state index is 0.0453. The van der Waals surface area contributed by atoms with Gasteiger partial charge in [-0.15, -0.1) is 0 Å². The predicted octanol–water partition coefficient (Wildman–Crippen LogP) is 0.682. The maximum absolute atomic E-state index is 12.7. The second-order valence-corrected chi connectivity index (χ2v) is 7.71. The van der Waals surface area contributed by atoms with Crippen molar-refractivity contribution in [2.75, 3.05) is 31.6 Å². The van der Waals surface area contributed by atoms with Crippen LogP contribution >= 0.6 is 0 Å². The van der Waals surface area contributed by atoms with Crippen LogP contribution in [-0.4, -0.2) is 60.8 Å². The lowest BCUT2D eigenvalue weighted by molar-refractivity contribution is -0.137. The Balaban J connectivity index is 2.34. The summed E-state index contributed by atoms with van der Waals surface area (Å²) in [5, 5.41) is 11.8. The molecular formula is C17H23N3O5S. The molecule has 0 aliphatic carbocycles. The van der Waals surface area contributed by atoms with E-state index in [1.165, 1.54) is 16.4 Å². The van der Waals surface area contributed by atoms with E-state index in [4.69, 9.17) is 5.11 Å². The molecular weight excluding hydrogens is 358 g/mol. The van der Waals surface area contributed by atoms with Crippen LogP contribution in [0.3, 0.4) is 0 Å². The van der Waals surface area contributed by atoms with Crippen LogP contribution in [0.25, 0.3) is 0 Å². The smallest absolute Gasteiger partial charge is 0.277 e. The second-order valence-electron chi connectivity index (χ2n) is 5.77. The Morgan fingerprint density at radius 1 is 1.19 bits per heavy atom. The summed E-state index contributed by atoms with van der Waals surface area (Å²) in [6, 6.07) is 4.62. The third-order valence-electron chi connectivity index (χ3n) is 4.15. The molecule has 0 fully saturated rings. The summed E-state index contributed by atoms with van der Waals surface area (Å²) in [5.41, 5.74) is 1.20. The molecule has 0 atom stereocenters. The van der Waals surface area contributed by atoms with Gasteiger partial charge in [0.05, 0.1) is 18.0 Å². The minimum Gasteiger partial charge on any atom is -0.395 e. The first-order valence-corrected chi connectivity index (χ1v) is 9.76. The number of aryl methyl sites for hydroxylation is 1. The maximum atomic E-state index is 12.7. The summed E-state index contributed by atoms with van der Waals surface area (Å²) in [4.78, 5) is 25.1. The van der Waals surface area contributed by atoms with E-state index in [1.54, 1.807) is 26.8 Å².